The summed E-state index contributed by atoms with van der Waals surface area (Å²) < 4.78 is 32.9. The second-order valence-electron chi connectivity index (χ2n) is 9.61. The molecule has 8 nitrogen and oxygen atoms in total. The van der Waals surface area contributed by atoms with E-state index in [-0.39, 0.29) is 25.3 Å². The summed E-state index contributed by atoms with van der Waals surface area (Å²) in [4.78, 5) is 21.3. The minimum Gasteiger partial charge on any atom is -0.390 e. The number of carbonyl (C=O) groups is 1. The van der Waals surface area contributed by atoms with Gasteiger partial charge in [-0.25, -0.2) is 8.78 Å². The fraction of sp³-hybridized carbons (Fsp3) is 0.333. The van der Waals surface area contributed by atoms with E-state index in [1.165, 1.54) is 17.7 Å². The van der Waals surface area contributed by atoms with Crippen LogP contribution >= 0.6 is 0 Å². The lowest BCUT2D eigenvalue weighted by molar-refractivity contribution is -0.122. The van der Waals surface area contributed by atoms with Crippen LogP contribution in [-0.4, -0.2) is 44.8 Å². The van der Waals surface area contributed by atoms with Crippen LogP contribution in [0.2, 0.25) is 0 Å². The van der Waals surface area contributed by atoms with Crippen molar-refractivity contribution in [1.29, 1.82) is 0 Å². The number of hydrogen-bond donors (Lipinski definition) is 3. The largest absolute Gasteiger partial charge is 0.390 e. The number of nitrogens with one attached hydrogen (secondary N) is 2. The van der Waals surface area contributed by atoms with Gasteiger partial charge in [0.05, 0.1) is 12.1 Å². The van der Waals surface area contributed by atoms with Crippen molar-refractivity contribution in [3.63, 3.8) is 0 Å². The van der Waals surface area contributed by atoms with Crippen LogP contribution in [0.5, 0.6) is 0 Å². The van der Waals surface area contributed by atoms with E-state index in [0.717, 1.165) is 18.1 Å². The van der Waals surface area contributed by atoms with Gasteiger partial charge in [-0.2, -0.15) is 4.98 Å². The molecule has 0 bridgehead atoms. The number of rotatable bonds is 14. The van der Waals surface area contributed by atoms with Gasteiger partial charge in [0.1, 0.15) is 17.3 Å². The molecule has 0 aliphatic carbocycles. The maximum atomic E-state index is 13.8. The predicted octanol–water partition coefficient (Wildman–Crippen LogP) is 4.17. The summed E-state index contributed by atoms with van der Waals surface area (Å²) in [6.07, 6.45) is 2.57. The number of nitrogens with zero attached hydrogens (tertiary/aromatic N) is 3. The summed E-state index contributed by atoms with van der Waals surface area (Å²) in [5.41, 5.74) is 3.22. The van der Waals surface area contributed by atoms with Crippen LogP contribution in [0, 0.1) is 11.6 Å². The van der Waals surface area contributed by atoms with Crippen LogP contribution in [0.25, 0.3) is 11.5 Å². The van der Waals surface area contributed by atoms with Crippen molar-refractivity contribution in [2.45, 2.75) is 57.7 Å². The Labute approximate surface area is 231 Å². The Morgan fingerprint density at radius 3 is 2.58 bits per heavy atom. The maximum absolute atomic E-state index is 13.8. The molecule has 40 heavy (non-hydrogen) atoms. The average molecular weight is 550 g/mol. The molecule has 0 aliphatic rings. The van der Waals surface area contributed by atoms with E-state index in [4.69, 9.17) is 4.52 Å². The van der Waals surface area contributed by atoms with Crippen molar-refractivity contribution in [1.82, 2.24) is 25.8 Å². The minimum atomic E-state index is -0.999. The van der Waals surface area contributed by atoms with Gasteiger partial charge in [0.2, 0.25) is 17.6 Å². The first-order valence-electron chi connectivity index (χ1n) is 13.3. The van der Waals surface area contributed by atoms with E-state index in [2.05, 4.69) is 44.8 Å². The van der Waals surface area contributed by atoms with Gasteiger partial charge < -0.3 is 20.3 Å². The third-order valence-electron chi connectivity index (χ3n) is 6.43. The van der Waals surface area contributed by atoms with Gasteiger partial charge >= 0.3 is 0 Å². The Morgan fingerprint density at radius 1 is 1.02 bits per heavy atom. The Kier molecular flexibility index (Phi) is 10.4. The van der Waals surface area contributed by atoms with Crippen molar-refractivity contribution in [3.05, 3.63) is 101 Å². The van der Waals surface area contributed by atoms with E-state index < -0.39 is 23.8 Å². The zero-order chi connectivity index (χ0) is 28.3. The lowest BCUT2D eigenvalue weighted by Gasteiger charge is -2.25. The Bertz CT molecular complexity index is 1360. The summed E-state index contributed by atoms with van der Waals surface area (Å²) in [5, 5.41) is 20.9. The second kappa shape index (κ2) is 14.4. The molecule has 4 aromatic rings. The number of carbonyl (C=O) groups excluding carboxylic acids is 1. The van der Waals surface area contributed by atoms with Gasteiger partial charge in [-0.3, -0.25) is 9.78 Å². The van der Waals surface area contributed by atoms with Gasteiger partial charge in [-0.05, 0) is 60.2 Å². The third-order valence-corrected chi connectivity index (χ3v) is 6.43. The van der Waals surface area contributed by atoms with Crippen LogP contribution in [0.4, 0.5) is 8.78 Å². The molecule has 0 saturated carbocycles. The normalized spacial score (nSPS) is 12.7. The molecule has 4 rings (SSSR count). The number of benzene rings is 2. The lowest BCUT2D eigenvalue weighted by atomic mass is 10.00. The molecule has 0 radical (unpaired) electrons. The molecule has 0 spiro atoms. The highest BCUT2D eigenvalue weighted by molar-refractivity contribution is 5.76. The molecule has 10 heteroatoms. The first kappa shape index (κ1) is 29.0. The molecular weight excluding hydrogens is 516 g/mol. The second-order valence-corrected chi connectivity index (χ2v) is 9.61. The summed E-state index contributed by atoms with van der Waals surface area (Å²) in [6.45, 7) is 2.79. The molecule has 0 saturated heterocycles. The van der Waals surface area contributed by atoms with E-state index in [0.29, 0.717) is 42.4 Å². The highest BCUT2D eigenvalue weighted by Crippen LogP contribution is 2.15. The Morgan fingerprint density at radius 2 is 1.82 bits per heavy atom. The minimum absolute atomic E-state index is 0.0612. The van der Waals surface area contributed by atoms with Crippen molar-refractivity contribution in [3.8, 4) is 11.5 Å². The van der Waals surface area contributed by atoms with Crippen molar-refractivity contribution >= 4 is 5.91 Å². The van der Waals surface area contributed by atoms with Crippen LogP contribution in [-0.2, 0) is 30.6 Å². The summed E-state index contributed by atoms with van der Waals surface area (Å²) in [7, 11) is 0. The van der Waals surface area contributed by atoms with Gasteiger partial charge in [-0.15, -0.1) is 0 Å². The van der Waals surface area contributed by atoms with E-state index >= 15 is 0 Å². The number of amides is 1. The average Bonchev–Trinajstić information content (AvgIpc) is 3.42. The molecule has 2 aromatic carbocycles. The smallest absolute Gasteiger partial charge is 0.227 e. The van der Waals surface area contributed by atoms with Crippen LogP contribution < -0.4 is 10.6 Å². The first-order chi connectivity index (χ1) is 19.4. The summed E-state index contributed by atoms with van der Waals surface area (Å²) >= 11 is 0. The van der Waals surface area contributed by atoms with E-state index in [9.17, 15) is 18.7 Å². The number of pyridine rings is 1. The zero-order valence-corrected chi connectivity index (χ0v) is 22.3. The number of aryl methyl sites for hydroxylation is 2. The molecule has 210 valence electrons. The highest BCUT2D eigenvalue weighted by atomic mass is 19.1. The molecule has 2 atom stereocenters. The quantitative estimate of drug-likeness (QED) is 0.216. The highest BCUT2D eigenvalue weighted by Gasteiger charge is 2.22. The fourth-order valence-electron chi connectivity index (χ4n) is 4.37. The molecule has 2 heterocycles. The van der Waals surface area contributed by atoms with Crippen molar-refractivity contribution < 1.29 is 23.2 Å². The van der Waals surface area contributed by atoms with Crippen LogP contribution in [0.1, 0.15) is 42.3 Å². The molecule has 3 N–H and O–H groups in total. The van der Waals surface area contributed by atoms with Crippen LogP contribution in [0.15, 0.2) is 71.4 Å². The van der Waals surface area contributed by atoms with Crippen molar-refractivity contribution in [2.75, 3.05) is 6.54 Å². The number of aromatic nitrogens is 3. The SMILES string of the molecule is CCc1cccc(CNCC(O)C(Cc2cc(F)cc(F)c2)NC(=O)CCCc2nc(-c3ccccn3)no2)c1. The van der Waals surface area contributed by atoms with Gasteiger partial charge in [-0.1, -0.05) is 42.4 Å². The van der Waals surface area contributed by atoms with Crippen molar-refractivity contribution in [2.24, 2.45) is 0 Å². The maximum Gasteiger partial charge on any atom is 0.227 e. The standard InChI is InChI=1S/C30H33F2N5O3/c1-2-20-7-5-8-21(13-20)18-33-19-27(38)26(16-22-14-23(31)17-24(32)15-22)35-28(39)10-6-11-29-36-30(37-40-29)25-9-3-4-12-34-25/h3-5,7-9,12-15,17,26-27,33,38H,2,6,10-11,16,18-19H2,1H3,(H,35,39). The lowest BCUT2D eigenvalue weighted by Crippen LogP contribution is -2.48. The molecule has 0 aliphatic heterocycles. The van der Waals surface area contributed by atoms with E-state index in [1.807, 2.05) is 18.2 Å². The van der Waals surface area contributed by atoms with Crippen LogP contribution in [0.3, 0.4) is 0 Å². The molecule has 2 aromatic heterocycles. The molecule has 1 amide bonds. The molecular formula is C30H33F2N5O3. The Hall–Kier alpha value is -4.02. The van der Waals surface area contributed by atoms with Gasteiger partial charge in [0.15, 0.2) is 0 Å². The number of halogens is 2. The number of hydrogen-bond acceptors (Lipinski definition) is 7. The Balaban J connectivity index is 1.33. The topological polar surface area (TPSA) is 113 Å². The zero-order valence-electron chi connectivity index (χ0n) is 22.3. The molecule has 2 unspecified atom stereocenters. The van der Waals surface area contributed by atoms with Gasteiger partial charge in [0, 0.05) is 38.2 Å². The summed E-state index contributed by atoms with van der Waals surface area (Å²) in [5.74, 6) is -0.974. The summed E-state index contributed by atoms with van der Waals surface area (Å²) in [6, 6.07) is 16.0. The number of aliphatic hydroxyl groups is 1. The number of aliphatic hydroxyl groups excluding tert-OH is 1. The van der Waals surface area contributed by atoms with E-state index in [1.54, 1.807) is 18.3 Å². The first-order valence-corrected chi connectivity index (χ1v) is 13.3. The molecule has 0 fully saturated rings. The van der Waals surface area contributed by atoms with Gasteiger partial charge in [0.25, 0.3) is 0 Å². The predicted molar refractivity (Wildman–Crippen MR) is 146 cm³/mol. The fourth-order valence-corrected chi connectivity index (χ4v) is 4.37. The monoisotopic (exact) mass is 549 g/mol. The third kappa shape index (κ3) is 8.75.